The molecule has 29 heavy (non-hydrogen) atoms. The molecule has 1 aromatic carbocycles. The number of rotatable bonds is 4. The number of nitrogen functional groups attached to an aromatic ring is 1. The van der Waals surface area contributed by atoms with E-state index in [4.69, 9.17) is 5.73 Å². The molecule has 3 aromatic rings. The van der Waals surface area contributed by atoms with Crippen LogP contribution in [-0.4, -0.2) is 40.8 Å². The lowest BCUT2D eigenvalue weighted by Crippen LogP contribution is -2.26. The molecule has 1 aliphatic rings. The van der Waals surface area contributed by atoms with Crippen molar-refractivity contribution in [1.82, 2.24) is 14.9 Å². The van der Waals surface area contributed by atoms with Crippen LogP contribution in [0.5, 0.6) is 0 Å². The minimum absolute atomic E-state index is 0.0154. The third-order valence-electron chi connectivity index (χ3n) is 5.30. The van der Waals surface area contributed by atoms with Crippen LogP contribution in [0.1, 0.15) is 12.0 Å². The van der Waals surface area contributed by atoms with Gasteiger partial charge in [-0.25, -0.2) is 9.97 Å². The van der Waals surface area contributed by atoms with E-state index < -0.39 is 0 Å². The highest BCUT2D eigenvalue weighted by atomic mass is 16.2. The number of pyridine rings is 2. The minimum Gasteiger partial charge on any atom is -0.383 e. The molecular weight excluding hydrogens is 366 g/mol. The van der Waals surface area contributed by atoms with Crippen molar-refractivity contribution in [2.24, 2.45) is 11.8 Å². The summed E-state index contributed by atoms with van der Waals surface area (Å²) in [5.74, 6) is 0.0960. The van der Waals surface area contributed by atoms with E-state index in [-0.39, 0.29) is 23.7 Å². The van der Waals surface area contributed by atoms with Gasteiger partial charge in [-0.2, -0.15) is 0 Å². The lowest BCUT2D eigenvalue weighted by molar-refractivity contribution is -0.131. The number of hydrogen-bond acceptors (Lipinski definition) is 5. The van der Waals surface area contributed by atoms with Crippen LogP contribution >= 0.6 is 0 Å². The Balaban J connectivity index is 1.60. The van der Waals surface area contributed by atoms with E-state index in [1.54, 1.807) is 26.4 Å². The lowest BCUT2D eigenvalue weighted by Gasteiger charge is -2.11. The van der Waals surface area contributed by atoms with Crippen molar-refractivity contribution in [1.29, 1.82) is 0 Å². The molecule has 3 N–H and O–H groups in total. The van der Waals surface area contributed by atoms with Crippen molar-refractivity contribution in [2.75, 3.05) is 25.1 Å². The number of fused-ring (bicyclic) bond motifs is 1. The number of anilines is 2. The monoisotopic (exact) mass is 389 g/mol. The first-order valence-corrected chi connectivity index (χ1v) is 9.49. The van der Waals surface area contributed by atoms with Gasteiger partial charge in [0, 0.05) is 31.2 Å². The molecule has 2 atom stereocenters. The molecule has 1 aliphatic carbocycles. The molecule has 148 valence electrons. The molecule has 0 bridgehead atoms. The second-order valence-electron chi connectivity index (χ2n) is 7.67. The van der Waals surface area contributed by atoms with Gasteiger partial charge in [-0.05, 0) is 36.4 Å². The van der Waals surface area contributed by atoms with E-state index in [9.17, 15) is 9.59 Å². The highest BCUT2D eigenvalue weighted by Gasteiger charge is 2.48. The van der Waals surface area contributed by atoms with Crippen LogP contribution in [0.15, 0.2) is 42.6 Å². The van der Waals surface area contributed by atoms with Crippen molar-refractivity contribution in [3.63, 3.8) is 0 Å². The summed E-state index contributed by atoms with van der Waals surface area (Å²) in [4.78, 5) is 34.8. The Kier molecular flexibility index (Phi) is 4.66. The molecule has 2 amide bonds. The van der Waals surface area contributed by atoms with E-state index in [0.717, 1.165) is 27.6 Å². The Morgan fingerprint density at radius 2 is 1.93 bits per heavy atom. The van der Waals surface area contributed by atoms with E-state index in [2.05, 4.69) is 15.3 Å². The fourth-order valence-electron chi connectivity index (χ4n) is 3.55. The summed E-state index contributed by atoms with van der Waals surface area (Å²) in [6.45, 7) is 2.02. The molecule has 0 unspecified atom stereocenters. The summed E-state index contributed by atoms with van der Waals surface area (Å²) in [7, 11) is 3.40. The molecule has 1 saturated carbocycles. The second-order valence-corrected chi connectivity index (χ2v) is 7.67. The third-order valence-corrected chi connectivity index (χ3v) is 5.30. The number of aryl methyl sites for hydroxylation is 1. The smallest absolute Gasteiger partial charge is 0.229 e. The standard InChI is InChI=1S/C22H23N5O2/c1-12-6-4-5-7-14(12)18-8-13-9-19(24-11-17(13)20(23)25-18)26-21(28)15-10-16(15)22(29)27(2)3/h4-9,11,15-16H,10H2,1-3H3,(H2,23,25)(H,24,26,28)/t15-,16+/m0/s1. The van der Waals surface area contributed by atoms with Gasteiger partial charge in [0.2, 0.25) is 11.8 Å². The first kappa shape index (κ1) is 18.9. The van der Waals surface area contributed by atoms with E-state index >= 15 is 0 Å². The zero-order valence-electron chi connectivity index (χ0n) is 16.6. The molecular formula is C22H23N5O2. The van der Waals surface area contributed by atoms with Crippen LogP contribution in [0.2, 0.25) is 0 Å². The maximum Gasteiger partial charge on any atom is 0.229 e. The van der Waals surface area contributed by atoms with Crippen LogP contribution in [-0.2, 0) is 9.59 Å². The number of nitrogens with one attached hydrogen (secondary N) is 1. The van der Waals surface area contributed by atoms with Crippen LogP contribution in [0.4, 0.5) is 11.6 Å². The van der Waals surface area contributed by atoms with Gasteiger partial charge in [0.1, 0.15) is 11.6 Å². The Labute approximate surface area is 168 Å². The average molecular weight is 389 g/mol. The van der Waals surface area contributed by atoms with Gasteiger partial charge in [0.15, 0.2) is 0 Å². The number of nitrogens with two attached hydrogens (primary N) is 1. The number of carbonyl (C=O) groups excluding carboxylic acids is 2. The van der Waals surface area contributed by atoms with Crippen molar-refractivity contribution < 1.29 is 9.59 Å². The SMILES string of the molecule is Cc1ccccc1-c1cc2cc(NC(=O)[C@H]3C[C@H]3C(=O)N(C)C)ncc2c(N)n1. The summed E-state index contributed by atoms with van der Waals surface area (Å²) in [6, 6.07) is 11.7. The van der Waals surface area contributed by atoms with Crippen molar-refractivity contribution in [2.45, 2.75) is 13.3 Å². The second kappa shape index (κ2) is 7.16. The van der Waals surface area contributed by atoms with Gasteiger partial charge in [0.05, 0.1) is 17.5 Å². The quantitative estimate of drug-likeness (QED) is 0.714. The van der Waals surface area contributed by atoms with Crippen molar-refractivity contribution >= 4 is 34.2 Å². The number of amides is 2. The topological polar surface area (TPSA) is 101 Å². The predicted octanol–water partition coefficient (Wildman–Crippen LogP) is 2.85. The molecule has 0 aliphatic heterocycles. The summed E-state index contributed by atoms with van der Waals surface area (Å²) in [6.07, 6.45) is 2.19. The maximum atomic E-state index is 12.5. The van der Waals surface area contributed by atoms with Gasteiger partial charge in [-0.15, -0.1) is 0 Å². The summed E-state index contributed by atoms with van der Waals surface area (Å²) in [5.41, 5.74) is 9.04. The normalized spacial score (nSPS) is 17.8. The zero-order valence-corrected chi connectivity index (χ0v) is 16.6. The fraction of sp³-hybridized carbons (Fsp3) is 0.273. The summed E-state index contributed by atoms with van der Waals surface area (Å²) in [5, 5.41) is 4.40. The van der Waals surface area contributed by atoms with E-state index in [1.165, 1.54) is 4.90 Å². The number of aromatic nitrogens is 2. The number of benzene rings is 1. The summed E-state index contributed by atoms with van der Waals surface area (Å²) < 4.78 is 0. The number of nitrogens with zero attached hydrogens (tertiary/aromatic N) is 3. The fourth-order valence-corrected chi connectivity index (χ4v) is 3.55. The lowest BCUT2D eigenvalue weighted by atomic mass is 10.0. The Morgan fingerprint density at radius 3 is 2.66 bits per heavy atom. The Morgan fingerprint density at radius 1 is 1.17 bits per heavy atom. The summed E-state index contributed by atoms with van der Waals surface area (Å²) >= 11 is 0. The molecule has 7 nitrogen and oxygen atoms in total. The first-order chi connectivity index (χ1) is 13.8. The molecule has 2 aromatic heterocycles. The Hall–Kier alpha value is -3.48. The van der Waals surface area contributed by atoms with E-state index in [1.807, 2.05) is 37.3 Å². The van der Waals surface area contributed by atoms with Crippen LogP contribution in [0.25, 0.3) is 22.0 Å². The minimum atomic E-state index is -0.299. The van der Waals surface area contributed by atoms with E-state index in [0.29, 0.717) is 18.1 Å². The van der Waals surface area contributed by atoms with Gasteiger partial charge < -0.3 is 16.0 Å². The third kappa shape index (κ3) is 3.63. The van der Waals surface area contributed by atoms with Crippen molar-refractivity contribution in [3.8, 4) is 11.3 Å². The zero-order chi connectivity index (χ0) is 20.7. The molecule has 0 radical (unpaired) electrons. The van der Waals surface area contributed by atoms with Gasteiger partial charge >= 0.3 is 0 Å². The highest BCUT2D eigenvalue weighted by molar-refractivity contribution is 6.01. The molecule has 0 spiro atoms. The van der Waals surface area contributed by atoms with Gasteiger partial charge in [-0.1, -0.05) is 24.3 Å². The first-order valence-electron chi connectivity index (χ1n) is 9.49. The van der Waals surface area contributed by atoms with Crippen molar-refractivity contribution in [3.05, 3.63) is 48.2 Å². The maximum absolute atomic E-state index is 12.5. The average Bonchev–Trinajstić information content (AvgIpc) is 3.48. The Bertz CT molecular complexity index is 1130. The van der Waals surface area contributed by atoms with Crippen LogP contribution in [0, 0.1) is 18.8 Å². The molecule has 2 heterocycles. The number of hydrogen-bond donors (Lipinski definition) is 2. The number of carbonyl (C=O) groups is 2. The van der Waals surface area contributed by atoms with Gasteiger partial charge in [0.25, 0.3) is 0 Å². The highest BCUT2D eigenvalue weighted by Crippen LogP contribution is 2.40. The van der Waals surface area contributed by atoms with Crippen LogP contribution < -0.4 is 11.1 Å². The molecule has 1 fully saturated rings. The predicted molar refractivity (Wildman–Crippen MR) is 113 cm³/mol. The van der Waals surface area contributed by atoms with Gasteiger partial charge in [-0.3, -0.25) is 9.59 Å². The largest absolute Gasteiger partial charge is 0.383 e. The molecule has 4 rings (SSSR count). The molecule has 7 heteroatoms. The van der Waals surface area contributed by atoms with Crippen LogP contribution in [0.3, 0.4) is 0 Å². The molecule has 0 saturated heterocycles.